The van der Waals surface area contributed by atoms with Crippen LogP contribution >= 0.6 is 0 Å². The third-order valence-corrected chi connectivity index (χ3v) is 10.1. The van der Waals surface area contributed by atoms with Crippen LogP contribution in [0, 0.1) is 13.8 Å². The van der Waals surface area contributed by atoms with Crippen LogP contribution in [0.15, 0.2) is 127 Å². The third kappa shape index (κ3) is 10.2. The van der Waals surface area contributed by atoms with Crippen molar-refractivity contribution in [2.24, 2.45) is 0 Å². The van der Waals surface area contributed by atoms with Gasteiger partial charge in [0.1, 0.15) is 6.61 Å². The maximum Gasteiger partial charge on any atom is 0.410 e. The van der Waals surface area contributed by atoms with Crippen molar-refractivity contribution in [3.8, 4) is 0 Å². The van der Waals surface area contributed by atoms with E-state index < -0.39 is 0 Å². The number of aryl methyl sites for hydroxylation is 2. The van der Waals surface area contributed by atoms with Crippen LogP contribution in [0.25, 0.3) is 11.1 Å². The van der Waals surface area contributed by atoms with Crippen LogP contribution < -0.4 is 16.0 Å². The molecule has 0 unspecified atom stereocenters. The van der Waals surface area contributed by atoms with Gasteiger partial charge in [-0.05, 0) is 122 Å². The highest BCUT2D eigenvalue weighted by molar-refractivity contribution is 6.06. The number of anilines is 2. The highest BCUT2D eigenvalue weighted by Crippen LogP contribution is 2.28. The van der Waals surface area contributed by atoms with Crippen LogP contribution in [0.3, 0.4) is 0 Å². The number of carbonyl (C=O) groups excluding carboxylic acids is 3. The summed E-state index contributed by atoms with van der Waals surface area (Å²) in [6, 6.07) is 28.9. The fourth-order valence-corrected chi connectivity index (χ4v) is 6.66. The molecule has 10 heteroatoms. The van der Waals surface area contributed by atoms with Crippen LogP contribution in [-0.2, 0) is 11.3 Å². The number of hydrogen-bond acceptors (Lipinski definition) is 7. The van der Waals surface area contributed by atoms with Crippen molar-refractivity contribution in [2.75, 3.05) is 36.8 Å². The molecule has 0 aliphatic carbocycles. The number of aromatic nitrogens is 2. The maximum absolute atomic E-state index is 12.6. The first-order valence-corrected chi connectivity index (χ1v) is 18.8. The summed E-state index contributed by atoms with van der Waals surface area (Å²) in [5, 5.41) is 9.28. The molecule has 0 saturated heterocycles. The Balaban J connectivity index is 0.000000202. The van der Waals surface area contributed by atoms with E-state index in [1.807, 2.05) is 80.6 Å². The van der Waals surface area contributed by atoms with E-state index in [1.165, 1.54) is 22.3 Å². The minimum absolute atomic E-state index is 0.104. The lowest BCUT2D eigenvalue weighted by molar-refractivity contribution is 0.0995. The van der Waals surface area contributed by atoms with Crippen molar-refractivity contribution in [3.05, 3.63) is 166 Å². The number of nitrogens with zero attached hydrogens (tertiary/aromatic N) is 3. The third-order valence-electron chi connectivity index (χ3n) is 10.1. The lowest BCUT2D eigenvalue weighted by Crippen LogP contribution is -2.36. The highest BCUT2D eigenvalue weighted by atomic mass is 16.6. The monoisotopic (exact) mass is 748 g/mol. The van der Waals surface area contributed by atoms with Gasteiger partial charge in [-0.3, -0.25) is 19.6 Å². The lowest BCUT2D eigenvalue weighted by Gasteiger charge is -2.29. The summed E-state index contributed by atoms with van der Waals surface area (Å²) in [7, 11) is 0. The van der Waals surface area contributed by atoms with Crippen molar-refractivity contribution in [1.29, 1.82) is 0 Å². The van der Waals surface area contributed by atoms with Gasteiger partial charge in [0, 0.05) is 66.9 Å². The van der Waals surface area contributed by atoms with Crippen molar-refractivity contribution >= 4 is 40.4 Å². The summed E-state index contributed by atoms with van der Waals surface area (Å²) in [6.45, 7) is 11.4. The Morgan fingerprint density at radius 2 is 1.21 bits per heavy atom. The second kappa shape index (κ2) is 18.8. The fourth-order valence-electron chi connectivity index (χ4n) is 6.66. The largest absolute Gasteiger partial charge is 0.445 e. The molecular weight excluding hydrogens is 701 g/mol. The molecule has 2 aliphatic heterocycles. The van der Waals surface area contributed by atoms with Gasteiger partial charge < -0.3 is 25.6 Å². The van der Waals surface area contributed by atoms with Crippen LogP contribution in [-0.4, -0.2) is 59.0 Å². The molecule has 3 N–H and O–H groups in total. The normalized spacial score (nSPS) is 14.0. The fraction of sp³-hybridized carbons (Fsp3) is 0.239. The second-order valence-electron chi connectivity index (χ2n) is 14.1. The number of carbonyl (C=O) groups is 3. The minimum atomic E-state index is -0.305. The van der Waals surface area contributed by atoms with Gasteiger partial charge in [-0.2, -0.15) is 0 Å². The molecule has 3 aromatic carbocycles. The lowest BCUT2D eigenvalue weighted by atomic mass is 9.95. The van der Waals surface area contributed by atoms with E-state index >= 15 is 0 Å². The van der Waals surface area contributed by atoms with E-state index in [0.717, 1.165) is 59.4 Å². The van der Waals surface area contributed by atoms with Gasteiger partial charge in [-0.25, -0.2) is 4.79 Å². The quantitative estimate of drug-likeness (QED) is 0.145. The Morgan fingerprint density at radius 1 is 0.679 bits per heavy atom. The molecule has 0 atom stereocenters. The summed E-state index contributed by atoms with van der Waals surface area (Å²) in [5.74, 6) is -0.268. The standard InChI is InChI=1S/C27H27N3O3.C19H21N3O/c1-19-13-15-30(27(32)33-18-21-6-4-3-5-7-21)17-25(19)22-8-10-23(11-9-22)29-26(31)24-12-14-28-16-20(24)2;1-13-7-9-21-12-18(13)15-3-5-16(6-4-15)22-19(23)17-8-10-20-11-14(17)2/h3-12,14,16H,13,15,17-18H2,1-2H3,(H,29,31);3-6,8,10-11,21H,7,9,12H2,1-2H3,(H,22,23). The van der Waals surface area contributed by atoms with Crippen molar-refractivity contribution in [1.82, 2.24) is 20.2 Å². The highest BCUT2D eigenvalue weighted by Gasteiger charge is 2.23. The molecule has 0 bridgehead atoms. The molecule has 286 valence electrons. The van der Waals surface area contributed by atoms with Gasteiger partial charge in [-0.15, -0.1) is 0 Å². The number of nitrogens with one attached hydrogen (secondary N) is 3. The van der Waals surface area contributed by atoms with Crippen LogP contribution in [0.2, 0.25) is 0 Å². The zero-order valence-electron chi connectivity index (χ0n) is 32.4. The molecule has 2 aliphatic rings. The molecule has 56 heavy (non-hydrogen) atoms. The average molecular weight is 749 g/mol. The number of amides is 3. The van der Waals surface area contributed by atoms with Crippen molar-refractivity contribution in [3.63, 3.8) is 0 Å². The first-order chi connectivity index (χ1) is 27.2. The van der Waals surface area contributed by atoms with E-state index in [4.69, 9.17) is 4.74 Å². The van der Waals surface area contributed by atoms with Crippen LogP contribution in [0.4, 0.5) is 16.2 Å². The summed E-state index contributed by atoms with van der Waals surface area (Å²) in [4.78, 5) is 47.3. The van der Waals surface area contributed by atoms with Crippen molar-refractivity contribution in [2.45, 2.75) is 47.1 Å². The molecule has 10 nitrogen and oxygen atoms in total. The molecule has 0 fully saturated rings. The first kappa shape index (κ1) is 39.3. The van der Waals surface area contributed by atoms with E-state index in [2.05, 4.69) is 51.9 Å². The van der Waals surface area contributed by atoms with E-state index in [1.54, 1.807) is 41.8 Å². The summed E-state index contributed by atoms with van der Waals surface area (Å²) in [5.41, 5.74) is 12.9. The van der Waals surface area contributed by atoms with Gasteiger partial charge in [0.25, 0.3) is 11.8 Å². The second-order valence-corrected chi connectivity index (χ2v) is 14.1. The Bertz CT molecular complexity index is 2230. The number of ether oxygens (including phenoxy) is 1. The van der Waals surface area contributed by atoms with Crippen molar-refractivity contribution < 1.29 is 19.1 Å². The summed E-state index contributed by atoms with van der Waals surface area (Å²) in [6.07, 6.45) is 8.21. The Hall–Kier alpha value is -6.39. The zero-order chi connectivity index (χ0) is 39.4. The molecule has 3 amide bonds. The number of benzene rings is 3. The Kier molecular flexibility index (Phi) is 13.2. The zero-order valence-corrected chi connectivity index (χ0v) is 32.4. The van der Waals surface area contributed by atoms with Gasteiger partial charge in [-0.1, -0.05) is 65.7 Å². The SMILES string of the molecule is CC1=C(c2ccc(NC(=O)c3ccncc3C)cc2)CN(C(=O)OCc2ccccc2)CC1.CC1=C(c2ccc(NC(=O)c3ccncc3C)cc2)CNCC1. The van der Waals surface area contributed by atoms with E-state index in [9.17, 15) is 14.4 Å². The van der Waals surface area contributed by atoms with Gasteiger partial charge in [0.05, 0.1) is 0 Å². The molecule has 0 spiro atoms. The van der Waals surface area contributed by atoms with E-state index in [0.29, 0.717) is 29.9 Å². The number of hydrogen-bond donors (Lipinski definition) is 3. The van der Waals surface area contributed by atoms with Crippen LogP contribution in [0.5, 0.6) is 0 Å². The predicted molar refractivity (Wildman–Crippen MR) is 222 cm³/mol. The average Bonchev–Trinajstić information content (AvgIpc) is 3.22. The Labute approximate surface area is 328 Å². The summed E-state index contributed by atoms with van der Waals surface area (Å²) >= 11 is 0. The minimum Gasteiger partial charge on any atom is -0.445 e. The first-order valence-electron chi connectivity index (χ1n) is 18.8. The van der Waals surface area contributed by atoms with Gasteiger partial charge >= 0.3 is 6.09 Å². The van der Waals surface area contributed by atoms with Gasteiger partial charge in [0.2, 0.25) is 0 Å². The molecule has 2 aromatic heterocycles. The Morgan fingerprint density at radius 3 is 1.75 bits per heavy atom. The van der Waals surface area contributed by atoms with Crippen LogP contribution in [0.1, 0.15) is 75.2 Å². The topological polar surface area (TPSA) is 126 Å². The summed E-state index contributed by atoms with van der Waals surface area (Å²) < 4.78 is 5.51. The molecule has 4 heterocycles. The molecule has 0 radical (unpaired) electrons. The predicted octanol–water partition coefficient (Wildman–Crippen LogP) is 8.87. The number of rotatable bonds is 8. The van der Waals surface area contributed by atoms with E-state index in [-0.39, 0.29) is 24.5 Å². The van der Waals surface area contributed by atoms with Gasteiger partial charge in [0.15, 0.2) is 0 Å². The molecular formula is C46H48N6O4. The molecule has 7 rings (SSSR count). The smallest absolute Gasteiger partial charge is 0.410 e. The number of pyridine rings is 2. The molecule has 5 aromatic rings. The maximum atomic E-state index is 12.6. The molecule has 0 saturated carbocycles.